The molecule has 1 aromatic rings. The van der Waals surface area contributed by atoms with Gasteiger partial charge < -0.3 is 5.32 Å². The fourth-order valence-electron chi connectivity index (χ4n) is 3.02. The molecular formula is C14H20N2O2S. The van der Waals surface area contributed by atoms with Crippen LogP contribution in [0.3, 0.4) is 0 Å². The lowest BCUT2D eigenvalue weighted by Crippen LogP contribution is -2.52. The molecule has 1 saturated heterocycles. The summed E-state index contributed by atoms with van der Waals surface area (Å²) in [6.07, 6.45) is 3.23. The molecule has 0 unspecified atom stereocenters. The van der Waals surface area contributed by atoms with E-state index in [4.69, 9.17) is 0 Å². The van der Waals surface area contributed by atoms with Crippen LogP contribution in [0.4, 0.5) is 0 Å². The van der Waals surface area contributed by atoms with Gasteiger partial charge >= 0.3 is 0 Å². The van der Waals surface area contributed by atoms with E-state index in [-0.39, 0.29) is 6.04 Å². The number of nitrogens with one attached hydrogen (secondary N) is 1. The summed E-state index contributed by atoms with van der Waals surface area (Å²) >= 11 is 0. The molecule has 0 bridgehead atoms. The van der Waals surface area contributed by atoms with E-state index in [9.17, 15) is 8.42 Å². The van der Waals surface area contributed by atoms with E-state index < -0.39 is 10.0 Å². The zero-order valence-corrected chi connectivity index (χ0v) is 12.0. The molecule has 2 aliphatic rings. The van der Waals surface area contributed by atoms with E-state index in [1.807, 2.05) is 19.1 Å². The molecule has 1 atom stereocenters. The van der Waals surface area contributed by atoms with Crippen LogP contribution in [0.1, 0.15) is 24.5 Å². The summed E-state index contributed by atoms with van der Waals surface area (Å²) in [4.78, 5) is 0.460. The lowest BCUT2D eigenvalue weighted by atomic mass is 10.1. The van der Waals surface area contributed by atoms with Crippen LogP contribution in [0.5, 0.6) is 0 Å². The smallest absolute Gasteiger partial charge is 0.243 e. The van der Waals surface area contributed by atoms with Crippen molar-refractivity contribution in [2.24, 2.45) is 0 Å². The van der Waals surface area contributed by atoms with Crippen molar-refractivity contribution in [3.63, 3.8) is 0 Å². The summed E-state index contributed by atoms with van der Waals surface area (Å²) in [6, 6.07) is 5.66. The highest BCUT2D eigenvalue weighted by Gasteiger charge is 2.31. The summed E-state index contributed by atoms with van der Waals surface area (Å²) < 4.78 is 27.0. The van der Waals surface area contributed by atoms with Gasteiger partial charge in [-0.2, -0.15) is 4.31 Å². The molecule has 1 aliphatic carbocycles. The number of nitrogens with zero attached hydrogens (tertiary/aromatic N) is 1. The van der Waals surface area contributed by atoms with E-state index in [0.29, 0.717) is 11.4 Å². The molecule has 1 fully saturated rings. The molecule has 0 amide bonds. The van der Waals surface area contributed by atoms with E-state index in [0.717, 1.165) is 32.4 Å². The standard InChI is InChI=1S/C14H20N2O2S/c1-11-10-15-7-8-16(11)19(17,18)14-6-5-12-3-2-4-13(12)9-14/h5-6,9,11,15H,2-4,7-8,10H2,1H3/t11-/m0/s1. The molecule has 0 saturated carbocycles. The van der Waals surface area contributed by atoms with Crippen molar-refractivity contribution in [3.8, 4) is 0 Å². The van der Waals surface area contributed by atoms with Crippen LogP contribution >= 0.6 is 0 Å². The van der Waals surface area contributed by atoms with Gasteiger partial charge in [-0.1, -0.05) is 6.07 Å². The van der Waals surface area contributed by atoms with E-state index >= 15 is 0 Å². The SMILES string of the molecule is C[C@H]1CNCCN1S(=O)(=O)c1ccc2c(c1)CCC2. The number of benzene rings is 1. The Kier molecular flexibility index (Phi) is 3.37. The fourth-order valence-corrected chi connectivity index (χ4v) is 4.71. The summed E-state index contributed by atoms with van der Waals surface area (Å²) in [5.74, 6) is 0. The van der Waals surface area contributed by atoms with Crippen LogP contribution in [0.2, 0.25) is 0 Å². The molecule has 5 heteroatoms. The van der Waals surface area contributed by atoms with Crippen molar-refractivity contribution >= 4 is 10.0 Å². The number of hydrogen-bond acceptors (Lipinski definition) is 3. The normalized spacial score (nSPS) is 24.4. The molecule has 4 nitrogen and oxygen atoms in total. The molecule has 0 aromatic heterocycles. The minimum atomic E-state index is -3.34. The van der Waals surface area contributed by atoms with Gasteiger partial charge in [-0.15, -0.1) is 0 Å². The monoisotopic (exact) mass is 280 g/mol. The highest BCUT2D eigenvalue weighted by molar-refractivity contribution is 7.89. The molecule has 1 heterocycles. The third kappa shape index (κ3) is 2.30. The van der Waals surface area contributed by atoms with E-state index in [2.05, 4.69) is 5.32 Å². The van der Waals surface area contributed by atoms with Gasteiger partial charge in [0.1, 0.15) is 0 Å². The van der Waals surface area contributed by atoms with Gasteiger partial charge in [0.2, 0.25) is 10.0 Å². The molecular weight excluding hydrogens is 260 g/mol. The van der Waals surface area contributed by atoms with E-state index in [1.54, 1.807) is 10.4 Å². The maximum absolute atomic E-state index is 12.7. The molecule has 3 rings (SSSR count). The predicted octanol–water partition coefficient (Wildman–Crippen LogP) is 1.16. The quantitative estimate of drug-likeness (QED) is 0.884. The first-order valence-electron chi connectivity index (χ1n) is 6.93. The number of hydrogen-bond donors (Lipinski definition) is 1. The van der Waals surface area contributed by atoms with Crippen LogP contribution in [-0.4, -0.2) is 38.4 Å². The van der Waals surface area contributed by atoms with Crippen LogP contribution < -0.4 is 5.32 Å². The third-order valence-electron chi connectivity index (χ3n) is 4.12. The van der Waals surface area contributed by atoms with Crippen molar-refractivity contribution in [1.29, 1.82) is 0 Å². The second-order valence-electron chi connectivity index (χ2n) is 5.45. The fraction of sp³-hybridized carbons (Fsp3) is 0.571. The Labute approximate surface area is 114 Å². The zero-order valence-electron chi connectivity index (χ0n) is 11.2. The largest absolute Gasteiger partial charge is 0.314 e. The molecule has 19 heavy (non-hydrogen) atoms. The second kappa shape index (κ2) is 4.89. The Morgan fingerprint density at radius 2 is 2.05 bits per heavy atom. The molecule has 0 radical (unpaired) electrons. The third-order valence-corrected chi connectivity index (χ3v) is 6.13. The van der Waals surface area contributed by atoms with Crippen LogP contribution in [0.25, 0.3) is 0 Å². The summed E-state index contributed by atoms with van der Waals surface area (Å²) in [6.45, 7) is 3.97. The second-order valence-corrected chi connectivity index (χ2v) is 7.34. The molecule has 104 valence electrons. The van der Waals surface area contributed by atoms with Gasteiger partial charge in [0.05, 0.1) is 4.90 Å². The topological polar surface area (TPSA) is 49.4 Å². The lowest BCUT2D eigenvalue weighted by molar-refractivity contribution is 0.284. The number of piperazine rings is 1. The average molecular weight is 280 g/mol. The van der Waals surface area contributed by atoms with Crippen molar-refractivity contribution in [1.82, 2.24) is 9.62 Å². The van der Waals surface area contributed by atoms with Crippen molar-refractivity contribution in [3.05, 3.63) is 29.3 Å². The molecule has 0 spiro atoms. The number of fused-ring (bicyclic) bond motifs is 1. The Morgan fingerprint density at radius 1 is 1.26 bits per heavy atom. The van der Waals surface area contributed by atoms with Gasteiger partial charge in [0, 0.05) is 25.7 Å². The molecule has 1 N–H and O–H groups in total. The number of sulfonamides is 1. The maximum Gasteiger partial charge on any atom is 0.243 e. The highest BCUT2D eigenvalue weighted by Crippen LogP contribution is 2.27. The summed E-state index contributed by atoms with van der Waals surface area (Å²) in [5.41, 5.74) is 2.52. The minimum Gasteiger partial charge on any atom is -0.314 e. The number of rotatable bonds is 2. The van der Waals surface area contributed by atoms with E-state index in [1.165, 1.54) is 11.1 Å². The van der Waals surface area contributed by atoms with Gasteiger partial charge in [-0.3, -0.25) is 0 Å². The molecule has 1 aromatic carbocycles. The lowest BCUT2D eigenvalue weighted by Gasteiger charge is -2.32. The van der Waals surface area contributed by atoms with Crippen molar-refractivity contribution < 1.29 is 8.42 Å². The Hall–Kier alpha value is -0.910. The predicted molar refractivity (Wildman–Crippen MR) is 74.7 cm³/mol. The zero-order chi connectivity index (χ0) is 13.5. The Morgan fingerprint density at radius 3 is 2.84 bits per heavy atom. The maximum atomic E-state index is 12.7. The molecule has 1 aliphatic heterocycles. The van der Waals surface area contributed by atoms with Gasteiger partial charge in [0.25, 0.3) is 0 Å². The summed E-state index contributed by atoms with van der Waals surface area (Å²) in [7, 11) is -3.34. The van der Waals surface area contributed by atoms with Gasteiger partial charge in [-0.05, 0) is 49.4 Å². The Bertz CT molecular complexity index is 583. The minimum absolute atomic E-state index is 0.0204. The number of aryl methyl sites for hydroxylation is 2. The van der Waals surface area contributed by atoms with Crippen LogP contribution in [0, 0.1) is 0 Å². The first-order valence-corrected chi connectivity index (χ1v) is 8.37. The van der Waals surface area contributed by atoms with Crippen molar-refractivity contribution in [2.75, 3.05) is 19.6 Å². The summed E-state index contributed by atoms with van der Waals surface area (Å²) in [5, 5.41) is 3.22. The first kappa shape index (κ1) is 13.1. The van der Waals surface area contributed by atoms with Gasteiger partial charge in [0.15, 0.2) is 0 Å². The first-order chi connectivity index (χ1) is 9.09. The van der Waals surface area contributed by atoms with Crippen LogP contribution in [-0.2, 0) is 22.9 Å². The van der Waals surface area contributed by atoms with Gasteiger partial charge in [-0.25, -0.2) is 8.42 Å². The van der Waals surface area contributed by atoms with Crippen LogP contribution in [0.15, 0.2) is 23.1 Å². The van der Waals surface area contributed by atoms with Crippen molar-refractivity contribution in [2.45, 2.75) is 37.1 Å². The Balaban J connectivity index is 1.95. The average Bonchev–Trinajstić information content (AvgIpc) is 2.86. The highest BCUT2D eigenvalue weighted by atomic mass is 32.2.